The Labute approximate surface area is 110 Å². The van der Waals surface area contributed by atoms with Crippen LogP contribution in [0.3, 0.4) is 0 Å². The predicted molar refractivity (Wildman–Crippen MR) is 69.4 cm³/mol. The fourth-order valence-corrected chi connectivity index (χ4v) is 1.88. The molecule has 3 N–H and O–H groups in total. The largest absolute Gasteiger partial charge is 0.389 e. The minimum atomic E-state index is -0.723. The first-order chi connectivity index (χ1) is 8.20. The van der Waals surface area contributed by atoms with Crippen LogP contribution in [-0.4, -0.2) is 54.4 Å². The van der Waals surface area contributed by atoms with E-state index in [-0.39, 0.29) is 17.8 Å². The Hall–Kier alpha value is -0.200. The lowest BCUT2D eigenvalue weighted by molar-refractivity contribution is -0.215. The van der Waals surface area contributed by atoms with Gasteiger partial charge in [-0.1, -0.05) is 0 Å². The Morgan fingerprint density at radius 3 is 2.50 bits per heavy atom. The fourth-order valence-electron chi connectivity index (χ4n) is 1.88. The molecule has 108 valence electrons. The van der Waals surface area contributed by atoms with Crippen molar-refractivity contribution in [3.8, 4) is 0 Å². The van der Waals surface area contributed by atoms with Gasteiger partial charge in [-0.2, -0.15) is 0 Å². The van der Waals surface area contributed by atoms with E-state index < -0.39 is 18.2 Å². The summed E-state index contributed by atoms with van der Waals surface area (Å²) < 4.78 is 17.1. The third kappa shape index (κ3) is 4.82. The molecule has 0 saturated carbocycles. The van der Waals surface area contributed by atoms with E-state index in [4.69, 9.17) is 19.9 Å². The van der Waals surface area contributed by atoms with Crippen molar-refractivity contribution in [2.75, 3.05) is 13.2 Å². The van der Waals surface area contributed by atoms with Crippen molar-refractivity contribution in [2.24, 2.45) is 5.73 Å². The lowest BCUT2D eigenvalue weighted by atomic mass is 9.97. The third-order valence-electron chi connectivity index (χ3n) is 2.73. The van der Waals surface area contributed by atoms with E-state index in [1.807, 2.05) is 34.6 Å². The maximum Gasteiger partial charge on any atom is 0.114 e. The lowest BCUT2D eigenvalue weighted by Crippen LogP contribution is -2.60. The SMILES string of the molecule is CC(C)OC[C@H]1OC[C@@H](N)[C@H](O)C1OC(C)(C)C. The maximum absolute atomic E-state index is 10.2. The van der Waals surface area contributed by atoms with Gasteiger partial charge in [0.25, 0.3) is 0 Å². The van der Waals surface area contributed by atoms with E-state index >= 15 is 0 Å². The topological polar surface area (TPSA) is 73.9 Å². The summed E-state index contributed by atoms with van der Waals surface area (Å²) in [5.41, 5.74) is 5.45. The number of ether oxygens (including phenoxy) is 3. The van der Waals surface area contributed by atoms with Crippen LogP contribution in [-0.2, 0) is 14.2 Å². The summed E-state index contributed by atoms with van der Waals surface area (Å²) in [7, 11) is 0. The quantitative estimate of drug-likeness (QED) is 0.778. The summed E-state index contributed by atoms with van der Waals surface area (Å²) in [4.78, 5) is 0. The van der Waals surface area contributed by atoms with Gasteiger partial charge in [-0.15, -0.1) is 0 Å². The molecule has 5 nitrogen and oxygen atoms in total. The first-order valence-corrected chi connectivity index (χ1v) is 6.55. The predicted octanol–water partition coefficient (Wildman–Crippen LogP) is 0.682. The number of nitrogens with two attached hydrogens (primary N) is 1. The molecule has 0 aromatic rings. The second-order valence-corrected chi connectivity index (χ2v) is 6.10. The molecule has 0 spiro atoms. The lowest BCUT2D eigenvalue weighted by Gasteiger charge is -2.41. The standard InChI is InChI=1S/C13H27NO4/c1-8(2)16-7-10-12(18-13(3,4)5)11(15)9(14)6-17-10/h8-12,15H,6-7,14H2,1-5H3/t9-,10-,11+,12?/m1/s1. The molecule has 1 rings (SSSR count). The van der Waals surface area contributed by atoms with Crippen LogP contribution >= 0.6 is 0 Å². The number of aliphatic hydroxyl groups excluding tert-OH is 1. The van der Waals surface area contributed by atoms with Crippen molar-refractivity contribution < 1.29 is 19.3 Å². The van der Waals surface area contributed by atoms with E-state index in [0.29, 0.717) is 13.2 Å². The fraction of sp³-hybridized carbons (Fsp3) is 1.00. The van der Waals surface area contributed by atoms with Crippen molar-refractivity contribution >= 4 is 0 Å². The molecule has 4 atom stereocenters. The Bertz CT molecular complexity index is 252. The van der Waals surface area contributed by atoms with Crippen LogP contribution in [0, 0.1) is 0 Å². The summed E-state index contributed by atoms with van der Waals surface area (Å²) in [6, 6.07) is -0.410. The highest BCUT2D eigenvalue weighted by Crippen LogP contribution is 2.23. The Kier molecular flexibility index (Phi) is 5.55. The van der Waals surface area contributed by atoms with Crippen LogP contribution in [0.5, 0.6) is 0 Å². The van der Waals surface area contributed by atoms with Crippen LogP contribution in [0.15, 0.2) is 0 Å². The molecule has 1 saturated heterocycles. The highest BCUT2D eigenvalue weighted by Gasteiger charge is 2.40. The van der Waals surface area contributed by atoms with Crippen molar-refractivity contribution in [1.29, 1.82) is 0 Å². The second-order valence-electron chi connectivity index (χ2n) is 6.10. The summed E-state index contributed by atoms with van der Waals surface area (Å²) in [5, 5.41) is 10.2. The molecular formula is C13H27NO4. The average molecular weight is 261 g/mol. The number of rotatable bonds is 4. The zero-order valence-electron chi connectivity index (χ0n) is 12.1. The van der Waals surface area contributed by atoms with Crippen LogP contribution < -0.4 is 5.73 Å². The second kappa shape index (κ2) is 6.30. The first kappa shape index (κ1) is 15.9. The van der Waals surface area contributed by atoms with Gasteiger partial charge < -0.3 is 25.1 Å². The molecule has 0 aromatic carbocycles. The molecule has 5 heteroatoms. The molecule has 0 bridgehead atoms. The van der Waals surface area contributed by atoms with E-state index in [9.17, 15) is 5.11 Å². The average Bonchev–Trinajstić information content (AvgIpc) is 2.22. The smallest absolute Gasteiger partial charge is 0.114 e. The molecule has 1 unspecified atom stereocenters. The minimum absolute atomic E-state index is 0.122. The molecule has 18 heavy (non-hydrogen) atoms. The van der Waals surface area contributed by atoms with E-state index in [1.54, 1.807) is 0 Å². The van der Waals surface area contributed by atoms with Gasteiger partial charge in [0.1, 0.15) is 18.3 Å². The molecule has 0 radical (unpaired) electrons. The van der Waals surface area contributed by atoms with Crippen LogP contribution in [0.4, 0.5) is 0 Å². The van der Waals surface area contributed by atoms with Gasteiger partial charge in [0.05, 0.1) is 31.0 Å². The zero-order valence-corrected chi connectivity index (χ0v) is 12.1. The van der Waals surface area contributed by atoms with Gasteiger partial charge in [0.2, 0.25) is 0 Å². The molecule has 1 aliphatic rings. The van der Waals surface area contributed by atoms with E-state index in [2.05, 4.69) is 0 Å². The molecular weight excluding hydrogens is 234 g/mol. The molecule has 0 aromatic heterocycles. The maximum atomic E-state index is 10.2. The number of aliphatic hydroxyl groups is 1. The van der Waals surface area contributed by atoms with E-state index in [0.717, 1.165) is 0 Å². The minimum Gasteiger partial charge on any atom is -0.389 e. The van der Waals surface area contributed by atoms with Gasteiger partial charge in [-0.25, -0.2) is 0 Å². The molecule has 1 aliphatic heterocycles. The van der Waals surface area contributed by atoms with Gasteiger partial charge in [0.15, 0.2) is 0 Å². The molecule has 1 fully saturated rings. The van der Waals surface area contributed by atoms with Crippen LogP contribution in [0.2, 0.25) is 0 Å². The summed E-state index contributed by atoms with van der Waals surface area (Å²) in [5.74, 6) is 0. The van der Waals surface area contributed by atoms with Gasteiger partial charge in [-0.05, 0) is 34.6 Å². The van der Waals surface area contributed by atoms with Crippen LogP contribution in [0.25, 0.3) is 0 Å². The Morgan fingerprint density at radius 2 is 2.00 bits per heavy atom. The summed E-state index contributed by atoms with van der Waals surface area (Å²) in [6.07, 6.45) is -1.33. The third-order valence-corrected chi connectivity index (χ3v) is 2.73. The van der Waals surface area contributed by atoms with Crippen molar-refractivity contribution in [3.63, 3.8) is 0 Å². The number of hydrogen-bond acceptors (Lipinski definition) is 5. The van der Waals surface area contributed by atoms with Gasteiger partial charge in [-0.3, -0.25) is 0 Å². The molecule has 0 amide bonds. The first-order valence-electron chi connectivity index (χ1n) is 6.55. The van der Waals surface area contributed by atoms with Crippen molar-refractivity contribution in [1.82, 2.24) is 0 Å². The monoisotopic (exact) mass is 261 g/mol. The normalized spacial score (nSPS) is 34.0. The van der Waals surface area contributed by atoms with E-state index in [1.165, 1.54) is 0 Å². The highest BCUT2D eigenvalue weighted by atomic mass is 16.6. The van der Waals surface area contributed by atoms with Crippen molar-refractivity contribution in [3.05, 3.63) is 0 Å². The molecule has 1 heterocycles. The zero-order chi connectivity index (χ0) is 13.9. The van der Waals surface area contributed by atoms with Gasteiger partial charge in [0, 0.05) is 0 Å². The van der Waals surface area contributed by atoms with Crippen molar-refractivity contribution in [2.45, 2.75) is 70.7 Å². The summed E-state index contributed by atoms with van der Waals surface area (Å²) in [6.45, 7) is 10.5. The highest BCUT2D eigenvalue weighted by molar-refractivity contribution is 4.91. The molecule has 0 aliphatic carbocycles. The Morgan fingerprint density at radius 1 is 1.39 bits per heavy atom. The summed E-state index contributed by atoms with van der Waals surface area (Å²) >= 11 is 0. The van der Waals surface area contributed by atoms with Gasteiger partial charge >= 0.3 is 0 Å². The Balaban J connectivity index is 2.66. The van der Waals surface area contributed by atoms with Crippen LogP contribution in [0.1, 0.15) is 34.6 Å². The number of hydrogen-bond donors (Lipinski definition) is 2.